The van der Waals surface area contributed by atoms with Crippen molar-refractivity contribution in [1.82, 2.24) is 4.90 Å². The molecule has 2 N–H and O–H groups in total. The van der Waals surface area contributed by atoms with Crippen LogP contribution in [0, 0.1) is 0 Å². The van der Waals surface area contributed by atoms with E-state index in [1.165, 1.54) is 32.1 Å². The second-order valence-corrected chi connectivity index (χ2v) is 4.97. The van der Waals surface area contributed by atoms with Crippen molar-refractivity contribution in [1.29, 1.82) is 0 Å². The Balaban J connectivity index is 4.71. The first kappa shape index (κ1) is 15.9. The summed E-state index contributed by atoms with van der Waals surface area (Å²) < 4.78 is 0. The second kappa shape index (κ2) is 8.08. The number of nitrogens with zero attached hydrogens (tertiary/aromatic N) is 1. The lowest BCUT2D eigenvalue weighted by Gasteiger charge is -2.45. The van der Waals surface area contributed by atoms with Crippen molar-refractivity contribution in [3.63, 3.8) is 0 Å². The van der Waals surface area contributed by atoms with E-state index in [0.717, 1.165) is 13.0 Å². The summed E-state index contributed by atoms with van der Waals surface area (Å²) in [6.07, 6.45) is 7.40. The Morgan fingerprint density at radius 3 is 2.00 bits per heavy atom. The fourth-order valence-electron chi connectivity index (χ4n) is 2.72. The van der Waals surface area contributed by atoms with Crippen LogP contribution in [0.2, 0.25) is 0 Å². The van der Waals surface area contributed by atoms with Crippen LogP contribution in [0.25, 0.3) is 0 Å². The van der Waals surface area contributed by atoms with Gasteiger partial charge in [-0.05, 0) is 32.7 Å². The van der Waals surface area contributed by atoms with Gasteiger partial charge in [-0.25, -0.2) is 0 Å². The molecule has 0 aliphatic rings. The number of hydrogen-bond donors (Lipinski definition) is 1. The lowest BCUT2D eigenvalue weighted by atomic mass is 9.86. The van der Waals surface area contributed by atoms with Gasteiger partial charge < -0.3 is 5.73 Å². The van der Waals surface area contributed by atoms with Crippen LogP contribution in [-0.2, 0) is 0 Å². The van der Waals surface area contributed by atoms with Gasteiger partial charge in [-0.15, -0.1) is 0 Å². The SMILES string of the molecule is CCCCC(CC)(CN)N(C)C(CC)CC. The molecule has 0 aromatic rings. The van der Waals surface area contributed by atoms with Gasteiger partial charge in [-0.1, -0.05) is 40.5 Å². The summed E-state index contributed by atoms with van der Waals surface area (Å²) in [7, 11) is 2.27. The molecular formula is C14H32N2. The van der Waals surface area contributed by atoms with Gasteiger partial charge in [0, 0.05) is 18.1 Å². The molecule has 2 nitrogen and oxygen atoms in total. The average molecular weight is 228 g/mol. The quantitative estimate of drug-likeness (QED) is 0.655. The smallest absolute Gasteiger partial charge is 0.0329 e. The van der Waals surface area contributed by atoms with E-state index in [0.29, 0.717) is 6.04 Å². The Bertz CT molecular complexity index is 160. The van der Waals surface area contributed by atoms with Crippen LogP contribution in [0.5, 0.6) is 0 Å². The maximum atomic E-state index is 6.07. The molecule has 0 radical (unpaired) electrons. The maximum Gasteiger partial charge on any atom is 0.0329 e. The van der Waals surface area contributed by atoms with E-state index < -0.39 is 0 Å². The van der Waals surface area contributed by atoms with Gasteiger partial charge in [0.25, 0.3) is 0 Å². The summed E-state index contributed by atoms with van der Waals surface area (Å²) in [5.74, 6) is 0. The molecule has 0 fully saturated rings. The van der Waals surface area contributed by atoms with Crippen LogP contribution < -0.4 is 5.73 Å². The first-order chi connectivity index (χ1) is 7.61. The maximum absolute atomic E-state index is 6.07. The number of hydrogen-bond acceptors (Lipinski definition) is 2. The molecule has 0 spiro atoms. The normalized spacial score (nSPS) is 15.8. The summed E-state index contributed by atoms with van der Waals surface area (Å²) in [4.78, 5) is 2.56. The van der Waals surface area contributed by atoms with Crippen LogP contribution in [0.4, 0.5) is 0 Å². The van der Waals surface area contributed by atoms with Gasteiger partial charge in [0.15, 0.2) is 0 Å². The van der Waals surface area contributed by atoms with E-state index in [-0.39, 0.29) is 5.54 Å². The minimum absolute atomic E-state index is 0.229. The molecule has 0 saturated carbocycles. The third-order valence-electron chi connectivity index (χ3n) is 4.27. The number of unbranched alkanes of at least 4 members (excludes halogenated alkanes) is 1. The molecule has 0 bridgehead atoms. The monoisotopic (exact) mass is 228 g/mol. The topological polar surface area (TPSA) is 29.3 Å². The van der Waals surface area contributed by atoms with Crippen LogP contribution in [0.15, 0.2) is 0 Å². The summed E-state index contributed by atoms with van der Waals surface area (Å²) >= 11 is 0. The molecule has 0 amide bonds. The van der Waals surface area contributed by atoms with E-state index in [2.05, 4.69) is 39.6 Å². The van der Waals surface area contributed by atoms with E-state index in [4.69, 9.17) is 5.73 Å². The van der Waals surface area contributed by atoms with Crippen molar-refractivity contribution < 1.29 is 0 Å². The molecule has 0 aliphatic carbocycles. The predicted molar refractivity (Wildman–Crippen MR) is 73.7 cm³/mol. The van der Waals surface area contributed by atoms with Crippen LogP contribution >= 0.6 is 0 Å². The highest BCUT2D eigenvalue weighted by Crippen LogP contribution is 2.28. The Kier molecular flexibility index (Phi) is 8.04. The average Bonchev–Trinajstić information content (AvgIpc) is 2.33. The zero-order chi connectivity index (χ0) is 12.6. The molecule has 0 aromatic heterocycles. The second-order valence-electron chi connectivity index (χ2n) is 4.97. The van der Waals surface area contributed by atoms with Crippen LogP contribution in [0.1, 0.15) is 66.2 Å². The fourth-order valence-corrected chi connectivity index (χ4v) is 2.72. The molecule has 98 valence electrons. The standard InChI is InChI=1S/C14H32N2/c1-6-10-11-14(9-4,12-15)16(5)13(7-2)8-3/h13H,6-12,15H2,1-5H3. The van der Waals surface area contributed by atoms with Crippen molar-refractivity contribution in [2.24, 2.45) is 5.73 Å². The van der Waals surface area contributed by atoms with Crippen molar-refractivity contribution in [2.45, 2.75) is 77.8 Å². The number of rotatable bonds is 9. The minimum atomic E-state index is 0.229. The first-order valence-electron chi connectivity index (χ1n) is 7.04. The molecule has 0 saturated heterocycles. The van der Waals surface area contributed by atoms with E-state index in [1.54, 1.807) is 0 Å². The van der Waals surface area contributed by atoms with Crippen molar-refractivity contribution in [2.75, 3.05) is 13.6 Å². The van der Waals surface area contributed by atoms with Gasteiger partial charge >= 0.3 is 0 Å². The summed E-state index contributed by atoms with van der Waals surface area (Å²) in [6, 6.07) is 0.681. The number of likely N-dealkylation sites (N-methyl/N-ethyl adjacent to an activating group) is 1. The van der Waals surface area contributed by atoms with Crippen molar-refractivity contribution in [3.05, 3.63) is 0 Å². The summed E-state index contributed by atoms with van der Waals surface area (Å²) in [5.41, 5.74) is 6.29. The lowest BCUT2D eigenvalue weighted by molar-refractivity contribution is 0.0586. The number of nitrogens with two attached hydrogens (primary N) is 1. The molecule has 2 heteroatoms. The zero-order valence-corrected chi connectivity index (χ0v) is 12.1. The van der Waals surface area contributed by atoms with E-state index in [1.807, 2.05) is 0 Å². The van der Waals surface area contributed by atoms with Gasteiger partial charge in [0.2, 0.25) is 0 Å². The molecule has 0 aromatic carbocycles. The Morgan fingerprint density at radius 1 is 1.12 bits per heavy atom. The Labute approximate surface area is 103 Å². The van der Waals surface area contributed by atoms with Gasteiger partial charge in [-0.2, -0.15) is 0 Å². The van der Waals surface area contributed by atoms with E-state index >= 15 is 0 Å². The van der Waals surface area contributed by atoms with Crippen LogP contribution in [0.3, 0.4) is 0 Å². The zero-order valence-electron chi connectivity index (χ0n) is 12.1. The Morgan fingerprint density at radius 2 is 1.69 bits per heavy atom. The molecule has 1 unspecified atom stereocenters. The fraction of sp³-hybridized carbons (Fsp3) is 1.00. The van der Waals surface area contributed by atoms with E-state index in [9.17, 15) is 0 Å². The highest BCUT2D eigenvalue weighted by Gasteiger charge is 2.33. The van der Waals surface area contributed by atoms with Gasteiger partial charge in [0.1, 0.15) is 0 Å². The molecule has 1 atom stereocenters. The van der Waals surface area contributed by atoms with Crippen molar-refractivity contribution in [3.8, 4) is 0 Å². The molecule has 0 rings (SSSR count). The lowest BCUT2D eigenvalue weighted by Crippen LogP contribution is -2.55. The minimum Gasteiger partial charge on any atom is -0.329 e. The highest BCUT2D eigenvalue weighted by molar-refractivity contribution is 4.91. The molecule has 0 aliphatic heterocycles. The third kappa shape index (κ3) is 3.74. The van der Waals surface area contributed by atoms with Crippen LogP contribution in [-0.4, -0.2) is 30.1 Å². The summed E-state index contributed by atoms with van der Waals surface area (Å²) in [6.45, 7) is 9.88. The summed E-state index contributed by atoms with van der Waals surface area (Å²) in [5, 5.41) is 0. The largest absolute Gasteiger partial charge is 0.329 e. The molecule has 16 heavy (non-hydrogen) atoms. The third-order valence-corrected chi connectivity index (χ3v) is 4.27. The van der Waals surface area contributed by atoms with Crippen molar-refractivity contribution >= 4 is 0 Å². The van der Waals surface area contributed by atoms with Gasteiger partial charge in [-0.3, -0.25) is 4.90 Å². The highest BCUT2D eigenvalue weighted by atomic mass is 15.2. The Hall–Kier alpha value is -0.0800. The molecular weight excluding hydrogens is 196 g/mol. The molecule has 0 heterocycles. The predicted octanol–water partition coefficient (Wildman–Crippen LogP) is 3.40. The van der Waals surface area contributed by atoms with Gasteiger partial charge in [0.05, 0.1) is 0 Å². The first-order valence-corrected chi connectivity index (χ1v) is 7.04.